The van der Waals surface area contributed by atoms with Crippen LogP contribution in [0.1, 0.15) is 21.6 Å². The molecule has 0 atom stereocenters. The van der Waals surface area contributed by atoms with Gasteiger partial charge in [-0.2, -0.15) is 10.5 Å². The van der Waals surface area contributed by atoms with Crippen molar-refractivity contribution in [2.24, 2.45) is 0 Å². The third-order valence-corrected chi connectivity index (χ3v) is 6.88. The number of nitrogens with zero attached hydrogens (tertiary/aromatic N) is 5. The maximum Gasteiger partial charge on any atom is 0.307 e. The molecule has 0 spiro atoms. The standard InChI is InChI=1S/C27H22N6O7S/c1-36-16-7-5-15(6-8-16)33-23(27(35)40-32-33)19(34)13-41-26-18(12-29)22(17(11-28)25(30)31-26)14-9-20(37-2)24(39-4)21(10-14)38-3/h5-10H,13H2,1-4H3,(H2-,30,31,32,34,35). The number of thioether (sulfide) groups is 1. The number of nitrogens with two attached hydrogens (primary N) is 1. The molecule has 13 nitrogen and oxygen atoms in total. The molecule has 2 aromatic carbocycles. The molecule has 0 amide bonds. The van der Waals surface area contributed by atoms with E-state index in [-0.39, 0.29) is 50.5 Å². The molecule has 2 aromatic heterocycles. The number of carbonyl (C=O) groups is 1. The van der Waals surface area contributed by atoms with Gasteiger partial charge in [-0.3, -0.25) is 4.79 Å². The number of hydrogen-bond acceptors (Lipinski definition) is 13. The van der Waals surface area contributed by atoms with Gasteiger partial charge in [-0.1, -0.05) is 11.8 Å². The van der Waals surface area contributed by atoms with Crippen molar-refractivity contribution in [3.05, 3.63) is 53.2 Å². The summed E-state index contributed by atoms with van der Waals surface area (Å²) in [7, 11) is 5.81. The highest BCUT2D eigenvalue weighted by Gasteiger charge is 2.29. The second-order valence-electron chi connectivity index (χ2n) is 8.10. The molecule has 0 radical (unpaired) electrons. The molecule has 0 bridgehead atoms. The molecule has 0 unspecified atom stereocenters. The molecule has 0 aliphatic carbocycles. The van der Waals surface area contributed by atoms with E-state index < -0.39 is 11.7 Å². The van der Waals surface area contributed by atoms with E-state index in [4.69, 9.17) is 29.2 Å². The van der Waals surface area contributed by atoms with Gasteiger partial charge >= 0.3 is 5.69 Å². The van der Waals surface area contributed by atoms with Crippen molar-refractivity contribution in [2.75, 3.05) is 39.9 Å². The zero-order chi connectivity index (χ0) is 29.7. The van der Waals surface area contributed by atoms with Crippen LogP contribution in [0.4, 0.5) is 5.82 Å². The summed E-state index contributed by atoms with van der Waals surface area (Å²) >= 11 is 0.865. The molecule has 0 aliphatic heterocycles. The Morgan fingerprint density at radius 3 is 2.20 bits per heavy atom. The summed E-state index contributed by atoms with van der Waals surface area (Å²) in [6.45, 7) is 0. The monoisotopic (exact) mass is 574 g/mol. The number of aromatic nitrogens is 3. The smallest absolute Gasteiger partial charge is 0.307 e. The van der Waals surface area contributed by atoms with Crippen molar-refractivity contribution in [3.63, 3.8) is 0 Å². The van der Waals surface area contributed by atoms with E-state index in [1.165, 1.54) is 28.4 Å². The average molecular weight is 575 g/mol. The van der Waals surface area contributed by atoms with Gasteiger partial charge in [0.15, 0.2) is 17.4 Å². The number of anilines is 1. The molecular weight excluding hydrogens is 552 g/mol. The van der Waals surface area contributed by atoms with E-state index in [9.17, 15) is 20.4 Å². The number of ether oxygens (including phenoxy) is 4. The maximum absolute atomic E-state index is 13.2. The average Bonchev–Trinajstić information content (AvgIpc) is 3.39. The first kappa shape index (κ1) is 28.5. The minimum absolute atomic E-state index is 0.0153. The summed E-state index contributed by atoms with van der Waals surface area (Å²) in [5.41, 5.74) is 6.66. The first-order valence-electron chi connectivity index (χ1n) is 11.6. The number of nitrogen functional groups attached to an aromatic ring is 1. The van der Waals surface area contributed by atoms with Crippen LogP contribution in [0.2, 0.25) is 0 Å². The summed E-state index contributed by atoms with van der Waals surface area (Å²) < 4.78 is 27.2. The summed E-state index contributed by atoms with van der Waals surface area (Å²) in [6, 6.07) is 13.7. The first-order valence-corrected chi connectivity index (χ1v) is 12.6. The van der Waals surface area contributed by atoms with Crippen molar-refractivity contribution < 1.29 is 38.1 Å². The largest absolute Gasteiger partial charge is 0.539 e. The van der Waals surface area contributed by atoms with Gasteiger partial charge in [-0.25, -0.2) is 4.98 Å². The van der Waals surface area contributed by atoms with Crippen LogP contribution in [0.3, 0.4) is 0 Å². The minimum atomic E-state index is -0.933. The molecule has 0 saturated carbocycles. The van der Waals surface area contributed by atoms with Crippen molar-refractivity contribution in [1.29, 1.82) is 10.5 Å². The van der Waals surface area contributed by atoms with E-state index in [1.807, 2.05) is 6.07 Å². The van der Waals surface area contributed by atoms with Gasteiger partial charge in [-0.15, -0.1) is 0 Å². The number of ketones is 1. The highest BCUT2D eigenvalue weighted by Crippen LogP contribution is 2.44. The van der Waals surface area contributed by atoms with E-state index in [0.29, 0.717) is 22.7 Å². The van der Waals surface area contributed by atoms with Gasteiger partial charge in [0.1, 0.15) is 34.3 Å². The van der Waals surface area contributed by atoms with E-state index in [1.54, 1.807) is 36.4 Å². The van der Waals surface area contributed by atoms with Crippen LogP contribution in [0, 0.1) is 22.7 Å². The van der Waals surface area contributed by atoms with E-state index in [0.717, 1.165) is 16.4 Å². The fourth-order valence-electron chi connectivity index (χ4n) is 4.00. The normalized spacial score (nSPS) is 10.4. The highest BCUT2D eigenvalue weighted by atomic mass is 32.2. The molecule has 0 saturated heterocycles. The SMILES string of the molecule is COc1ccc(-[n+]2noc([O-])c2C(=O)CSc2nc(N)c(C#N)c(-c3cc(OC)c(OC)c(OC)c3)c2C#N)cc1. The fourth-order valence-corrected chi connectivity index (χ4v) is 4.86. The number of rotatable bonds is 10. The van der Waals surface area contributed by atoms with Crippen molar-refractivity contribution in [3.8, 4) is 57.9 Å². The zero-order valence-electron chi connectivity index (χ0n) is 22.3. The predicted molar refractivity (Wildman–Crippen MR) is 142 cm³/mol. The predicted octanol–water partition coefficient (Wildman–Crippen LogP) is 2.42. The first-order chi connectivity index (χ1) is 19.8. The molecule has 0 aliphatic rings. The van der Waals surface area contributed by atoms with E-state index >= 15 is 0 Å². The lowest BCUT2D eigenvalue weighted by molar-refractivity contribution is -0.672. The Hall–Kier alpha value is -5.47. The number of methoxy groups -OCH3 is 4. The Balaban J connectivity index is 1.75. The van der Waals surface area contributed by atoms with Crippen LogP contribution in [0.15, 0.2) is 45.9 Å². The highest BCUT2D eigenvalue weighted by molar-refractivity contribution is 8.00. The van der Waals surface area contributed by atoms with Gasteiger partial charge in [0.25, 0.3) is 0 Å². The van der Waals surface area contributed by atoms with Crippen LogP contribution in [0.5, 0.6) is 28.9 Å². The number of hydrogen-bond donors (Lipinski definition) is 1. The number of benzene rings is 2. The van der Waals surface area contributed by atoms with Crippen LogP contribution in [-0.2, 0) is 0 Å². The Morgan fingerprint density at radius 1 is 1.02 bits per heavy atom. The zero-order valence-corrected chi connectivity index (χ0v) is 23.1. The Kier molecular flexibility index (Phi) is 8.45. The van der Waals surface area contributed by atoms with E-state index in [2.05, 4.69) is 16.3 Å². The van der Waals surface area contributed by atoms with Gasteiger partial charge < -0.3 is 34.3 Å². The number of carbonyl (C=O) groups excluding carboxylic acids is 1. The van der Waals surface area contributed by atoms with Crippen LogP contribution >= 0.6 is 11.8 Å². The quantitative estimate of drug-likeness (QED) is 0.165. The Morgan fingerprint density at radius 2 is 1.66 bits per heavy atom. The fraction of sp³-hybridized carbons (Fsp3) is 0.185. The number of Topliss-reactive ketones (excluding diaryl/α,β-unsaturated/α-hetero) is 1. The van der Waals surface area contributed by atoms with Crippen LogP contribution < -0.4 is 34.5 Å². The lowest BCUT2D eigenvalue weighted by Gasteiger charge is -2.17. The lowest BCUT2D eigenvalue weighted by atomic mass is 9.96. The van der Waals surface area contributed by atoms with Crippen molar-refractivity contribution >= 4 is 23.4 Å². The van der Waals surface area contributed by atoms with Gasteiger partial charge in [0.2, 0.25) is 17.2 Å². The third-order valence-electron chi connectivity index (χ3n) is 5.90. The topological polar surface area (TPSA) is 193 Å². The maximum atomic E-state index is 13.2. The molecule has 208 valence electrons. The molecule has 41 heavy (non-hydrogen) atoms. The molecule has 2 N–H and O–H groups in total. The second-order valence-corrected chi connectivity index (χ2v) is 9.06. The van der Waals surface area contributed by atoms with Gasteiger partial charge in [0, 0.05) is 17.7 Å². The molecule has 4 aromatic rings. The third kappa shape index (κ3) is 5.36. The Labute approximate surface area is 238 Å². The van der Waals surface area contributed by atoms with Gasteiger partial charge in [0.05, 0.1) is 45.0 Å². The number of nitriles is 2. The Bertz CT molecular complexity index is 1680. The molecule has 0 fully saturated rings. The molecule has 2 heterocycles. The summed E-state index contributed by atoms with van der Waals surface area (Å²) in [6.07, 6.45) is 0. The van der Waals surface area contributed by atoms with Crippen LogP contribution in [0.25, 0.3) is 16.8 Å². The second kappa shape index (κ2) is 12.1. The summed E-state index contributed by atoms with van der Waals surface area (Å²) in [5, 5.41) is 36.2. The molecule has 4 rings (SSSR count). The summed E-state index contributed by atoms with van der Waals surface area (Å²) in [5.74, 6) is -0.606. The lowest BCUT2D eigenvalue weighted by Crippen LogP contribution is -2.39. The molecular formula is C27H22N6O7S. The van der Waals surface area contributed by atoms with Crippen molar-refractivity contribution in [2.45, 2.75) is 5.03 Å². The number of pyridine rings is 1. The van der Waals surface area contributed by atoms with Crippen LogP contribution in [-0.4, -0.2) is 50.2 Å². The minimum Gasteiger partial charge on any atom is -0.539 e. The van der Waals surface area contributed by atoms with Gasteiger partial charge in [-0.05, 0) is 34.5 Å². The molecule has 14 heteroatoms. The summed E-state index contributed by atoms with van der Waals surface area (Å²) in [4.78, 5) is 17.4. The van der Waals surface area contributed by atoms with Crippen molar-refractivity contribution in [1.82, 2.24) is 10.3 Å².